The number of halogens is 1. The third-order valence-electron chi connectivity index (χ3n) is 7.24. The molecule has 1 aliphatic heterocycles. The van der Waals surface area contributed by atoms with Gasteiger partial charge in [-0.25, -0.2) is 0 Å². The van der Waals surface area contributed by atoms with Crippen LogP contribution in [0, 0.1) is 0 Å². The highest BCUT2D eigenvalue weighted by Gasteiger charge is 2.18. The van der Waals surface area contributed by atoms with Crippen LogP contribution in [0.4, 0.5) is 17.1 Å². The van der Waals surface area contributed by atoms with E-state index in [9.17, 15) is 14.7 Å². The Morgan fingerprint density at radius 1 is 0.897 bits per heavy atom. The zero-order valence-electron chi connectivity index (χ0n) is 21.9. The van der Waals surface area contributed by atoms with Crippen molar-refractivity contribution >= 4 is 40.2 Å². The fraction of sp³-hybridized carbons (Fsp3) is 0.250. The molecular weight excluding hydrogens is 510 g/mol. The van der Waals surface area contributed by atoms with Gasteiger partial charge < -0.3 is 19.9 Å². The van der Waals surface area contributed by atoms with Gasteiger partial charge in [-0.2, -0.15) is 0 Å². The Bertz CT molecular complexity index is 1450. The molecule has 0 atom stereocenters. The summed E-state index contributed by atoms with van der Waals surface area (Å²) in [6.07, 6.45) is 3.80. The van der Waals surface area contributed by atoms with Gasteiger partial charge in [0.05, 0.1) is 22.5 Å². The quantitative estimate of drug-likeness (QED) is 0.246. The first kappa shape index (κ1) is 26.7. The summed E-state index contributed by atoms with van der Waals surface area (Å²) in [7, 11) is 1.87. The number of carbonyl (C=O) groups is 2. The van der Waals surface area contributed by atoms with Gasteiger partial charge in [0.1, 0.15) is 0 Å². The number of aryl methyl sites for hydroxylation is 1. The number of piperidine rings is 1. The van der Waals surface area contributed by atoms with Crippen molar-refractivity contribution in [2.45, 2.75) is 31.8 Å². The number of aliphatic hydroxyl groups excluding tert-OH is 1. The molecule has 7 heteroatoms. The fourth-order valence-corrected chi connectivity index (χ4v) is 5.18. The van der Waals surface area contributed by atoms with Crippen LogP contribution >= 0.6 is 11.6 Å². The van der Waals surface area contributed by atoms with Crippen LogP contribution in [0.1, 0.15) is 44.8 Å². The molecule has 0 amide bonds. The highest BCUT2D eigenvalue weighted by Crippen LogP contribution is 2.28. The number of rotatable bonds is 9. The van der Waals surface area contributed by atoms with Crippen LogP contribution < -0.4 is 10.2 Å². The largest absolute Gasteiger partial charge is 0.393 e. The predicted octanol–water partition coefficient (Wildman–Crippen LogP) is 6.23. The van der Waals surface area contributed by atoms with Gasteiger partial charge in [0.15, 0.2) is 11.6 Å². The summed E-state index contributed by atoms with van der Waals surface area (Å²) in [4.78, 5) is 27.7. The summed E-state index contributed by atoms with van der Waals surface area (Å²) in [6, 6.07) is 24.7. The number of aromatic nitrogens is 1. The van der Waals surface area contributed by atoms with Gasteiger partial charge in [0.25, 0.3) is 0 Å². The molecule has 2 heterocycles. The van der Waals surface area contributed by atoms with E-state index >= 15 is 0 Å². The number of benzene rings is 3. The van der Waals surface area contributed by atoms with E-state index in [1.54, 1.807) is 0 Å². The first-order chi connectivity index (χ1) is 18.9. The number of Topliss-reactive ketones (excluding diaryl/α,β-unsaturated/α-hetero) is 2. The second-order valence-corrected chi connectivity index (χ2v) is 10.5. The number of hydrogen-bond donors (Lipinski definition) is 2. The maximum absolute atomic E-state index is 12.9. The monoisotopic (exact) mass is 541 g/mol. The highest BCUT2D eigenvalue weighted by atomic mass is 35.5. The van der Waals surface area contributed by atoms with Gasteiger partial charge in [-0.15, -0.1) is 0 Å². The first-order valence-corrected chi connectivity index (χ1v) is 13.6. The van der Waals surface area contributed by atoms with Gasteiger partial charge in [-0.3, -0.25) is 9.59 Å². The van der Waals surface area contributed by atoms with E-state index in [4.69, 9.17) is 11.6 Å². The summed E-state index contributed by atoms with van der Waals surface area (Å²) >= 11 is 6.55. The molecule has 0 spiro atoms. The third-order valence-corrected chi connectivity index (χ3v) is 7.56. The molecule has 6 nitrogen and oxygen atoms in total. The van der Waals surface area contributed by atoms with Crippen LogP contribution in [0.5, 0.6) is 0 Å². The van der Waals surface area contributed by atoms with Crippen LogP contribution in [0.15, 0.2) is 85.1 Å². The van der Waals surface area contributed by atoms with Crippen molar-refractivity contribution in [2.75, 3.05) is 23.3 Å². The Kier molecular flexibility index (Phi) is 8.15. The van der Waals surface area contributed by atoms with Gasteiger partial charge in [0.2, 0.25) is 0 Å². The number of nitrogens with zero attached hydrogens (tertiary/aromatic N) is 2. The number of ketones is 2. The topological polar surface area (TPSA) is 74.6 Å². The van der Waals surface area contributed by atoms with Gasteiger partial charge >= 0.3 is 0 Å². The smallest absolute Gasteiger partial charge is 0.183 e. The molecule has 5 rings (SSSR count). The van der Waals surface area contributed by atoms with Crippen LogP contribution in [0.3, 0.4) is 0 Å². The third kappa shape index (κ3) is 6.59. The minimum Gasteiger partial charge on any atom is -0.393 e. The maximum atomic E-state index is 12.9. The number of anilines is 3. The van der Waals surface area contributed by atoms with Crippen molar-refractivity contribution in [1.82, 2.24) is 4.57 Å². The van der Waals surface area contributed by atoms with E-state index in [2.05, 4.69) is 10.2 Å². The highest BCUT2D eigenvalue weighted by molar-refractivity contribution is 6.33. The number of nitrogens with one attached hydrogen (secondary N) is 1. The number of aliphatic hydroxyl groups is 1. The Morgan fingerprint density at radius 2 is 1.56 bits per heavy atom. The SMILES string of the molecule is Cn1cccc1C(=O)Cc1ccc(Nc2ccc(CC(=O)c3ccc(N4CCC(O)CC4)cc3)cc2Cl)cc1. The molecule has 0 unspecified atom stereocenters. The summed E-state index contributed by atoms with van der Waals surface area (Å²) in [6.45, 7) is 1.65. The fourth-order valence-electron chi connectivity index (χ4n) is 4.93. The van der Waals surface area contributed by atoms with Crippen LogP contribution in [0.2, 0.25) is 5.02 Å². The molecule has 2 N–H and O–H groups in total. The van der Waals surface area contributed by atoms with Crippen molar-refractivity contribution in [3.63, 3.8) is 0 Å². The molecule has 1 aromatic heterocycles. The lowest BCUT2D eigenvalue weighted by atomic mass is 10.0. The van der Waals surface area contributed by atoms with Crippen molar-refractivity contribution < 1.29 is 14.7 Å². The zero-order chi connectivity index (χ0) is 27.4. The predicted molar refractivity (Wildman–Crippen MR) is 157 cm³/mol. The first-order valence-electron chi connectivity index (χ1n) is 13.2. The van der Waals surface area contributed by atoms with E-state index in [1.165, 1.54) is 0 Å². The lowest BCUT2D eigenvalue weighted by Gasteiger charge is -2.31. The molecule has 1 aliphatic rings. The lowest BCUT2D eigenvalue weighted by Crippen LogP contribution is -2.35. The Labute approximate surface area is 233 Å². The van der Waals surface area contributed by atoms with E-state index < -0.39 is 0 Å². The second kappa shape index (κ2) is 11.9. The molecule has 0 radical (unpaired) electrons. The van der Waals surface area contributed by atoms with E-state index in [1.807, 2.05) is 96.7 Å². The molecule has 39 heavy (non-hydrogen) atoms. The maximum Gasteiger partial charge on any atom is 0.183 e. The molecule has 1 fully saturated rings. The average molecular weight is 542 g/mol. The van der Waals surface area contributed by atoms with Crippen molar-refractivity contribution in [3.8, 4) is 0 Å². The van der Waals surface area contributed by atoms with Crippen molar-refractivity contribution in [1.29, 1.82) is 0 Å². The summed E-state index contributed by atoms with van der Waals surface area (Å²) < 4.78 is 1.83. The molecule has 0 saturated carbocycles. The molecule has 200 valence electrons. The minimum absolute atomic E-state index is 0.0351. The molecular formula is C32H32ClN3O3. The van der Waals surface area contributed by atoms with Crippen LogP contribution in [-0.4, -0.2) is 40.4 Å². The van der Waals surface area contributed by atoms with Crippen molar-refractivity contribution in [2.24, 2.45) is 7.05 Å². The minimum atomic E-state index is -0.210. The standard InChI is InChI=1S/C32H32ClN3O3/c1-35-16-2-3-30(35)32(39)20-22-4-9-25(10-5-22)34-29-13-6-23(19-28(29)33)21-31(38)24-7-11-26(12-8-24)36-17-14-27(37)15-18-36/h2-13,16,19,27,34,37H,14-15,17-18,20-21H2,1H3. The zero-order valence-corrected chi connectivity index (χ0v) is 22.7. The van der Waals surface area contributed by atoms with E-state index in [0.717, 1.165) is 54.1 Å². The molecule has 4 aromatic rings. The van der Waals surface area contributed by atoms with Gasteiger partial charge in [-0.05, 0) is 84.6 Å². The molecule has 3 aromatic carbocycles. The van der Waals surface area contributed by atoms with Crippen LogP contribution in [-0.2, 0) is 19.9 Å². The lowest BCUT2D eigenvalue weighted by molar-refractivity contribution is 0.0980. The molecule has 1 saturated heterocycles. The number of hydrogen-bond acceptors (Lipinski definition) is 5. The normalized spacial score (nSPS) is 13.9. The Balaban J connectivity index is 1.17. The second-order valence-electron chi connectivity index (χ2n) is 10.1. The Morgan fingerprint density at radius 3 is 2.21 bits per heavy atom. The summed E-state index contributed by atoms with van der Waals surface area (Å²) in [5, 5.41) is 13.6. The van der Waals surface area contributed by atoms with Crippen LogP contribution in [0.25, 0.3) is 0 Å². The molecule has 0 bridgehead atoms. The summed E-state index contributed by atoms with van der Waals surface area (Å²) in [5.41, 5.74) is 5.83. The number of carbonyl (C=O) groups excluding carboxylic acids is 2. The summed E-state index contributed by atoms with van der Waals surface area (Å²) in [5.74, 6) is 0.114. The van der Waals surface area contributed by atoms with Gasteiger partial charge in [-0.1, -0.05) is 29.8 Å². The van der Waals surface area contributed by atoms with Crippen molar-refractivity contribution in [3.05, 3.63) is 112 Å². The van der Waals surface area contributed by atoms with E-state index in [-0.39, 0.29) is 24.1 Å². The van der Waals surface area contributed by atoms with Gasteiger partial charge in [0, 0.05) is 56.1 Å². The Hall–Kier alpha value is -3.87. The molecule has 0 aliphatic carbocycles. The van der Waals surface area contributed by atoms with E-state index in [0.29, 0.717) is 22.7 Å². The average Bonchev–Trinajstić information content (AvgIpc) is 3.38.